The SMILES string of the molecule is CC(=O)OCC(C)CC=CC(C)C1CCC2C3CC(=O)C4(O)CC(O)CCC4(C)C3CCC12C. The first-order chi connectivity index (χ1) is 15.9. The number of fused-ring (bicyclic) bond motifs is 5. The number of aliphatic hydroxyl groups is 2. The van der Waals surface area contributed by atoms with Gasteiger partial charge in [-0.15, -0.1) is 0 Å². The summed E-state index contributed by atoms with van der Waals surface area (Å²) in [5, 5.41) is 21.8. The van der Waals surface area contributed by atoms with Crippen molar-refractivity contribution in [1.29, 1.82) is 0 Å². The molecule has 0 aromatic rings. The van der Waals surface area contributed by atoms with E-state index in [9.17, 15) is 19.8 Å². The fourth-order valence-electron chi connectivity index (χ4n) is 8.91. The number of allylic oxidation sites excluding steroid dienone is 2. The largest absolute Gasteiger partial charge is 0.466 e. The molecule has 0 saturated heterocycles. The number of hydrogen-bond acceptors (Lipinski definition) is 5. The maximum absolute atomic E-state index is 13.4. The standard InChI is InChI=1S/C29H46O5/c1-18(17-34-20(3)30)7-6-8-19(2)23-9-10-24-22-15-26(32)29(33)16-21(31)11-14-28(29,5)25(22)12-13-27(23,24)4/h6,8,18-19,21-25,31,33H,7,9-17H2,1-5H3. The average molecular weight is 475 g/mol. The summed E-state index contributed by atoms with van der Waals surface area (Å²) in [6, 6.07) is 0. The van der Waals surface area contributed by atoms with E-state index in [1.54, 1.807) is 0 Å². The van der Waals surface area contributed by atoms with Crippen LogP contribution in [-0.2, 0) is 14.3 Å². The van der Waals surface area contributed by atoms with E-state index >= 15 is 0 Å². The number of carbonyl (C=O) groups excluding carboxylic acids is 2. The van der Waals surface area contributed by atoms with Crippen molar-refractivity contribution >= 4 is 11.8 Å². The van der Waals surface area contributed by atoms with Crippen LogP contribution in [0.2, 0.25) is 0 Å². The van der Waals surface area contributed by atoms with Gasteiger partial charge in [0, 0.05) is 25.2 Å². The second kappa shape index (κ2) is 9.35. The van der Waals surface area contributed by atoms with Crippen molar-refractivity contribution in [2.45, 2.75) is 104 Å². The fraction of sp³-hybridized carbons (Fsp3) is 0.862. The summed E-state index contributed by atoms with van der Waals surface area (Å²) in [6.07, 6.45) is 11.7. The van der Waals surface area contributed by atoms with E-state index in [-0.39, 0.29) is 23.6 Å². The highest BCUT2D eigenvalue weighted by molar-refractivity contribution is 5.89. The van der Waals surface area contributed by atoms with Gasteiger partial charge >= 0.3 is 5.97 Å². The number of esters is 1. The van der Waals surface area contributed by atoms with Crippen LogP contribution in [0.4, 0.5) is 0 Å². The van der Waals surface area contributed by atoms with Gasteiger partial charge in [0.2, 0.25) is 0 Å². The Morgan fingerprint density at radius 3 is 2.59 bits per heavy atom. The molecule has 10 atom stereocenters. The minimum atomic E-state index is -1.35. The predicted molar refractivity (Wildman–Crippen MR) is 132 cm³/mol. The zero-order valence-electron chi connectivity index (χ0n) is 21.9. The molecule has 0 aromatic carbocycles. The number of Topliss-reactive ketones (excluding diaryl/α,β-unsaturated/α-hetero) is 1. The van der Waals surface area contributed by atoms with Gasteiger partial charge in [-0.25, -0.2) is 0 Å². The van der Waals surface area contributed by atoms with Gasteiger partial charge in [0.05, 0.1) is 12.7 Å². The summed E-state index contributed by atoms with van der Waals surface area (Å²) >= 11 is 0. The minimum Gasteiger partial charge on any atom is -0.466 e. The molecule has 4 fully saturated rings. The molecule has 192 valence electrons. The van der Waals surface area contributed by atoms with Crippen molar-refractivity contribution in [2.24, 2.45) is 46.3 Å². The van der Waals surface area contributed by atoms with Crippen molar-refractivity contribution in [3.63, 3.8) is 0 Å². The van der Waals surface area contributed by atoms with Crippen molar-refractivity contribution in [1.82, 2.24) is 0 Å². The maximum atomic E-state index is 13.4. The first-order valence-electron chi connectivity index (χ1n) is 13.7. The summed E-state index contributed by atoms with van der Waals surface area (Å²) in [5.74, 6) is 2.42. The van der Waals surface area contributed by atoms with Crippen molar-refractivity contribution in [2.75, 3.05) is 6.61 Å². The molecule has 2 N–H and O–H groups in total. The zero-order valence-corrected chi connectivity index (χ0v) is 21.9. The van der Waals surface area contributed by atoms with Gasteiger partial charge in [-0.05, 0) is 85.9 Å². The van der Waals surface area contributed by atoms with Gasteiger partial charge in [-0.1, -0.05) is 39.8 Å². The maximum Gasteiger partial charge on any atom is 0.302 e. The van der Waals surface area contributed by atoms with Gasteiger partial charge < -0.3 is 14.9 Å². The zero-order chi connectivity index (χ0) is 24.9. The van der Waals surface area contributed by atoms with E-state index < -0.39 is 17.1 Å². The van der Waals surface area contributed by atoms with Crippen LogP contribution < -0.4 is 0 Å². The molecule has 34 heavy (non-hydrogen) atoms. The Morgan fingerprint density at radius 1 is 1.15 bits per heavy atom. The second-order valence-corrected chi connectivity index (χ2v) is 12.8. The van der Waals surface area contributed by atoms with Gasteiger partial charge in [0.15, 0.2) is 5.78 Å². The van der Waals surface area contributed by atoms with Crippen LogP contribution in [0.25, 0.3) is 0 Å². The lowest BCUT2D eigenvalue weighted by atomic mass is 9.42. The molecular weight excluding hydrogens is 428 g/mol. The number of aliphatic hydroxyl groups excluding tert-OH is 1. The lowest BCUT2D eigenvalue weighted by Crippen LogP contribution is -2.67. The van der Waals surface area contributed by atoms with Crippen LogP contribution >= 0.6 is 0 Å². The molecule has 0 amide bonds. The van der Waals surface area contributed by atoms with Crippen LogP contribution in [0.1, 0.15) is 92.4 Å². The monoisotopic (exact) mass is 474 g/mol. The molecule has 0 heterocycles. The van der Waals surface area contributed by atoms with Crippen LogP contribution in [0.5, 0.6) is 0 Å². The third kappa shape index (κ3) is 4.19. The Hall–Kier alpha value is -1.20. The van der Waals surface area contributed by atoms with E-state index in [2.05, 4.69) is 39.8 Å². The smallest absolute Gasteiger partial charge is 0.302 e. The topological polar surface area (TPSA) is 83.8 Å². The molecule has 4 saturated carbocycles. The molecule has 4 aliphatic rings. The summed E-state index contributed by atoms with van der Waals surface area (Å²) in [4.78, 5) is 24.4. The van der Waals surface area contributed by atoms with E-state index in [4.69, 9.17) is 4.74 Å². The van der Waals surface area contributed by atoms with Crippen molar-refractivity contribution < 1.29 is 24.5 Å². The Kier molecular flexibility index (Phi) is 7.12. The highest BCUT2D eigenvalue weighted by Crippen LogP contribution is 2.68. The number of ketones is 1. The van der Waals surface area contributed by atoms with Crippen LogP contribution in [0.15, 0.2) is 12.2 Å². The molecular formula is C29H46O5. The second-order valence-electron chi connectivity index (χ2n) is 12.8. The number of ether oxygens (including phenoxy) is 1. The van der Waals surface area contributed by atoms with Crippen LogP contribution in [0, 0.1) is 46.3 Å². The van der Waals surface area contributed by atoms with E-state index in [0.717, 1.165) is 25.7 Å². The third-order valence-electron chi connectivity index (χ3n) is 10.9. The van der Waals surface area contributed by atoms with Crippen molar-refractivity contribution in [3.05, 3.63) is 12.2 Å². The summed E-state index contributed by atoms with van der Waals surface area (Å²) in [7, 11) is 0. The third-order valence-corrected chi connectivity index (χ3v) is 10.9. The fourth-order valence-corrected chi connectivity index (χ4v) is 8.91. The lowest BCUT2D eigenvalue weighted by molar-refractivity contribution is -0.213. The summed E-state index contributed by atoms with van der Waals surface area (Å²) in [6.45, 7) is 11.0. The van der Waals surface area contributed by atoms with E-state index in [1.807, 2.05) is 0 Å². The highest BCUT2D eigenvalue weighted by Gasteiger charge is 2.67. The molecule has 4 aliphatic carbocycles. The lowest BCUT2D eigenvalue weighted by Gasteiger charge is -2.63. The number of rotatable bonds is 6. The molecule has 0 aromatic heterocycles. The molecule has 5 heteroatoms. The summed E-state index contributed by atoms with van der Waals surface area (Å²) in [5.41, 5.74) is -1.53. The van der Waals surface area contributed by atoms with Crippen LogP contribution in [-0.4, -0.2) is 40.3 Å². The molecule has 5 nitrogen and oxygen atoms in total. The molecule has 4 rings (SSSR count). The highest BCUT2D eigenvalue weighted by atomic mass is 16.5. The quantitative estimate of drug-likeness (QED) is 0.414. The molecule has 0 aliphatic heterocycles. The molecule has 0 spiro atoms. The molecule has 0 radical (unpaired) electrons. The first-order valence-corrected chi connectivity index (χ1v) is 13.7. The van der Waals surface area contributed by atoms with Gasteiger partial charge in [0.25, 0.3) is 0 Å². The normalized spacial score (nSPS) is 45.9. The summed E-state index contributed by atoms with van der Waals surface area (Å²) < 4.78 is 5.13. The van der Waals surface area contributed by atoms with Crippen LogP contribution in [0.3, 0.4) is 0 Å². The first kappa shape index (κ1) is 25.9. The Bertz CT molecular complexity index is 821. The predicted octanol–water partition coefficient (Wildman–Crippen LogP) is 5.08. The number of carbonyl (C=O) groups is 2. The van der Waals surface area contributed by atoms with Gasteiger partial charge in [-0.3, -0.25) is 9.59 Å². The molecule has 10 unspecified atom stereocenters. The Balaban J connectivity index is 1.46. The minimum absolute atomic E-state index is 0.0163. The van der Waals surface area contributed by atoms with Gasteiger partial charge in [0.1, 0.15) is 5.60 Å². The molecule has 0 bridgehead atoms. The Labute approximate surface area is 205 Å². The Morgan fingerprint density at radius 2 is 1.88 bits per heavy atom. The average Bonchev–Trinajstić information content (AvgIpc) is 3.12. The number of hydrogen-bond donors (Lipinski definition) is 2. The van der Waals surface area contributed by atoms with E-state index in [0.29, 0.717) is 55.0 Å². The van der Waals surface area contributed by atoms with Crippen molar-refractivity contribution in [3.8, 4) is 0 Å². The van der Waals surface area contributed by atoms with E-state index in [1.165, 1.54) is 19.8 Å². The van der Waals surface area contributed by atoms with Gasteiger partial charge in [-0.2, -0.15) is 0 Å².